The highest BCUT2D eigenvalue weighted by Crippen LogP contribution is 2.28. The van der Waals surface area contributed by atoms with E-state index in [1.54, 1.807) is 80.8 Å². The molecule has 8 nitrogen and oxygen atoms in total. The molecular weight excluding hydrogens is 476 g/mol. The number of hydrogen-bond donors (Lipinski definition) is 0. The molecule has 1 heterocycles. The van der Waals surface area contributed by atoms with Crippen molar-refractivity contribution in [2.24, 2.45) is 0 Å². The van der Waals surface area contributed by atoms with Crippen LogP contribution in [0.25, 0.3) is 11.0 Å². The average Bonchev–Trinajstić information content (AvgIpc) is 2.92. The van der Waals surface area contributed by atoms with E-state index in [9.17, 15) is 14.4 Å². The maximum Gasteiger partial charge on any atom is 0.338 e. The van der Waals surface area contributed by atoms with Crippen molar-refractivity contribution in [2.75, 3.05) is 20.3 Å². The normalized spacial score (nSPS) is 10.7. The third-order valence-electron chi connectivity index (χ3n) is 5.52. The highest BCUT2D eigenvalue weighted by Gasteiger charge is 2.16. The van der Waals surface area contributed by atoms with E-state index in [-0.39, 0.29) is 29.3 Å². The van der Waals surface area contributed by atoms with E-state index < -0.39 is 5.97 Å². The lowest BCUT2D eigenvalue weighted by Gasteiger charge is -2.11. The minimum absolute atomic E-state index is 0.0390. The first-order valence-corrected chi connectivity index (χ1v) is 11.7. The standard InChI is InChI=1S/C29H26O8/c1-4-15-34-29(32)20-7-11-22(12-8-20)37-28-18(2)36-26-16-23(13-14-24(26)27(28)31)35-17-25(30)19-5-9-21(33-3)10-6-19/h5-14,16H,4,15,17H2,1-3H3. The van der Waals surface area contributed by atoms with Gasteiger partial charge in [-0.2, -0.15) is 0 Å². The quantitative estimate of drug-likeness (QED) is 0.200. The zero-order chi connectivity index (χ0) is 26.4. The SMILES string of the molecule is CCCOC(=O)c1ccc(Oc2c(C)oc3cc(OCC(=O)c4ccc(OC)cc4)ccc3c2=O)cc1. The van der Waals surface area contributed by atoms with Crippen molar-refractivity contribution in [3.63, 3.8) is 0 Å². The Morgan fingerprint density at radius 1 is 0.865 bits per heavy atom. The van der Waals surface area contributed by atoms with Crippen molar-refractivity contribution in [3.05, 3.63) is 93.8 Å². The van der Waals surface area contributed by atoms with Gasteiger partial charge in [-0.3, -0.25) is 9.59 Å². The van der Waals surface area contributed by atoms with Crippen molar-refractivity contribution < 1.29 is 33.0 Å². The van der Waals surface area contributed by atoms with Gasteiger partial charge < -0.3 is 23.4 Å². The summed E-state index contributed by atoms with van der Waals surface area (Å²) in [5.74, 6) is 1.11. The smallest absolute Gasteiger partial charge is 0.338 e. The van der Waals surface area contributed by atoms with Gasteiger partial charge in [0.25, 0.3) is 0 Å². The second-order valence-corrected chi connectivity index (χ2v) is 8.18. The minimum atomic E-state index is -0.418. The molecule has 0 radical (unpaired) electrons. The molecule has 0 spiro atoms. The average molecular weight is 503 g/mol. The van der Waals surface area contributed by atoms with Crippen LogP contribution in [0.3, 0.4) is 0 Å². The number of esters is 1. The number of benzene rings is 3. The molecule has 0 aliphatic heterocycles. The van der Waals surface area contributed by atoms with Crippen LogP contribution in [0.5, 0.6) is 23.0 Å². The van der Waals surface area contributed by atoms with Gasteiger partial charge in [0.15, 0.2) is 12.4 Å². The molecule has 0 saturated heterocycles. The van der Waals surface area contributed by atoms with Crippen molar-refractivity contribution >= 4 is 22.7 Å². The van der Waals surface area contributed by atoms with Gasteiger partial charge >= 0.3 is 5.97 Å². The van der Waals surface area contributed by atoms with Crippen molar-refractivity contribution in [1.29, 1.82) is 0 Å². The Hall–Kier alpha value is -4.59. The number of aryl methyl sites for hydroxylation is 1. The van der Waals surface area contributed by atoms with E-state index >= 15 is 0 Å². The molecule has 0 bridgehead atoms. The van der Waals surface area contributed by atoms with Crippen LogP contribution in [0.15, 0.2) is 75.9 Å². The van der Waals surface area contributed by atoms with Crippen LogP contribution < -0.4 is 19.6 Å². The number of carbonyl (C=O) groups is 2. The number of ether oxygens (including phenoxy) is 4. The molecule has 8 heteroatoms. The summed E-state index contributed by atoms with van der Waals surface area (Å²) in [6.45, 7) is 3.71. The summed E-state index contributed by atoms with van der Waals surface area (Å²) < 4.78 is 27.5. The molecule has 0 aliphatic carbocycles. The van der Waals surface area contributed by atoms with E-state index in [4.69, 9.17) is 23.4 Å². The summed E-state index contributed by atoms with van der Waals surface area (Å²) in [7, 11) is 1.56. The first kappa shape index (κ1) is 25.5. The Kier molecular flexibility index (Phi) is 7.88. The lowest BCUT2D eigenvalue weighted by molar-refractivity contribution is 0.0505. The molecule has 0 fully saturated rings. The summed E-state index contributed by atoms with van der Waals surface area (Å²) in [6.07, 6.45) is 0.736. The van der Waals surface area contributed by atoms with Crippen LogP contribution in [0, 0.1) is 6.92 Å². The number of rotatable bonds is 10. The van der Waals surface area contributed by atoms with Crippen LogP contribution in [-0.4, -0.2) is 32.1 Å². The van der Waals surface area contributed by atoms with Gasteiger partial charge in [0.05, 0.1) is 24.7 Å². The van der Waals surface area contributed by atoms with E-state index in [0.717, 1.165) is 6.42 Å². The Morgan fingerprint density at radius 3 is 2.19 bits per heavy atom. The number of Topliss-reactive ketones (excluding diaryl/α,β-unsaturated/α-hetero) is 1. The number of carbonyl (C=O) groups excluding carboxylic acids is 2. The molecule has 4 aromatic rings. The molecule has 0 unspecified atom stereocenters. The molecule has 3 aromatic carbocycles. The van der Waals surface area contributed by atoms with E-state index in [0.29, 0.717) is 46.0 Å². The summed E-state index contributed by atoms with van der Waals surface area (Å²) in [5.41, 5.74) is 0.835. The largest absolute Gasteiger partial charge is 0.497 e. The predicted octanol–water partition coefficient (Wildman–Crippen LogP) is 5.73. The van der Waals surface area contributed by atoms with Crippen LogP contribution in [-0.2, 0) is 4.74 Å². The highest BCUT2D eigenvalue weighted by atomic mass is 16.5. The summed E-state index contributed by atoms with van der Waals surface area (Å²) in [5, 5.41) is 0.300. The van der Waals surface area contributed by atoms with Gasteiger partial charge in [-0.05, 0) is 74.0 Å². The molecule has 4 rings (SSSR count). The van der Waals surface area contributed by atoms with Crippen LogP contribution in [0.1, 0.15) is 39.8 Å². The maximum absolute atomic E-state index is 13.1. The molecule has 0 saturated carbocycles. The first-order valence-electron chi connectivity index (χ1n) is 11.7. The van der Waals surface area contributed by atoms with Gasteiger partial charge in [-0.1, -0.05) is 6.92 Å². The zero-order valence-electron chi connectivity index (χ0n) is 20.7. The third-order valence-corrected chi connectivity index (χ3v) is 5.52. The first-order chi connectivity index (χ1) is 17.9. The van der Waals surface area contributed by atoms with Gasteiger partial charge in [0.2, 0.25) is 11.2 Å². The molecule has 37 heavy (non-hydrogen) atoms. The molecule has 190 valence electrons. The number of fused-ring (bicyclic) bond motifs is 1. The van der Waals surface area contributed by atoms with Crippen LogP contribution in [0.2, 0.25) is 0 Å². The van der Waals surface area contributed by atoms with E-state index in [2.05, 4.69) is 0 Å². The number of methoxy groups -OCH3 is 1. The monoisotopic (exact) mass is 502 g/mol. The second kappa shape index (κ2) is 11.4. The Morgan fingerprint density at radius 2 is 1.51 bits per heavy atom. The molecule has 0 N–H and O–H groups in total. The summed E-state index contributed by atoms with van der Waals surface area (Å²) in [6, 6.07) is 17.8. The van der Waals surface area contributed by atoms with Crippen molar-refractivity contribution in [2.45, 2.75) is 20.3 Å². The lowest BCUT2D eigenvalue weighted by Crippen LogP contribution is -2.12. The van der Waals surface area contributed by atoms with E-state index in [1.165, 1.54) is 0 Å². The fourth-order valence-corrected chi connectivity index (χ4v) is 3.54. The highest BCUT2D eigenvalue weighted by molar-refractivity contribution is 5.97. The minimum Gasteiger partial charge on any atom is -0.497 e. The van der Waals surface area contributed by atoms with Gasteiger partial charge in [-0.25, -0.2) is 4.79 Å². The maximum atomic E-state index is 13.1. The number of hydrogen-bond acceptors (Lipinski definition) is 8. The van der Waals surface area contributed by atoms with E-state index in [1.807, 2.05) is 6.92 Å². The molecule has 0 aliphatic rings. The van der Waals surface area contributed by atoms with Gasteiger partial charge in [-0.15, -0.1) is 0 Å². The Labute approximate surface area is 213 Å². The van der Waals surface area contributed by atoms with Gasteiger partial charge in [0.1, 0.15) is 28.6 Å². The summed E-state index contributed by atoms with van der Waals surface area (Å²) in [4.78, 5) is 37.5. The Balaban J connectivity index is 1.47. The summed E-state index contributed by atoms with van der Waals surface area (Å²) >= 11 is 0. The molecule has 0 amide bonds. The third kappa shape index (κ3) is 5.98. The fraction of sp³-hybridized carbons (Fsp3) is 0.207. The predicted molar refractivity (Wildman–Crippen MR) is 137 cm³/mol. The Bertz CT molecular complexity index is 1470. The molecule has 0 atom stereocenters. The fourth-order valence-electron chi connectivity index (χ4n) is 3.54. The molecular formula is C29H26O8. The van der Waals surface area contributed by atoms with Crippen LogP contribution >= 0.6 is 0 Å². The second-order valence-electron chi connectivity index (χ2n) is 8.18. The van der Waals surface area contributed by atoms with Crippen molar-refractivity contribution in [3.8, 4) is 23.0 Å². The van der Waals surface area contributed by atoms with Crippen molar-refractivity contribution in [1.82, 2.24) is 0 Å². The van der Waals surface area contributed by atoms with Gasteiger partial charge in [0, 0.05) is 11.6 Å². The molecule has 1 aromatic heterocycles. The topological polar surface area (TPSA) is 101 Å². The zero-order valence-corrected chi connectivity index (χ0v) is 20.7. The number of ketones is 1. The van der Waals surface area contributed by atoms with Crippen LogP contribution in [0.4, 0.5) is 0 Å². The lowest BCUT2D eigenvalue weighted by atomic mass is 10.1.